The second-order valence-corrected chi connectivity index (χ2v) is 9.18. The van der Waals surface area contributed by atoms with E-state index in [0.717, 1.165) is 45.7 Å². The molecule has 0 amide bonds. The van der Waals surface area contributed by atoms with Gasteiger partial charge in [-0.25, -0.2) is 0 Å². The first-order chi connectivity index (χ1) is 19.3. The first-order valence-corrected chi connectivity index (χ1v) is 13.8. The van der Waals surface area contributed by atoms with Gasteiger partial charge in [0.25, 0.3) is 0 Å². The van der Waals surface area contributed by atoms with Crippen LogP contribution in [0, 0.1) is 0 Å². The molecule has 2 aromatic carbocycles. The molecule has 1 heterocycles. The summed E-state index contributed by atoms with van der Waals surface area (Å²) >= 11 is 0. The molecule has 2 aromatic rings. The summed E-state index contributed by atoms with van der Waals surface area (Å²) in [6.45, 7) is 11.3. The zero-order chi connectivity index (χ0) is 27.4. The average molecular weight is 519 g/mol. The Kier molecular flexibility index (Phi) is 13.5. The molecule has 1 aliphatic heterocycles. The topological polar surface area (TPSA) is 22.1 Å². The Morgan fingerprint density at radius 3 is 2.36 bits per heavy atom. The van der Waals surface area contributed by atoms with Gasteiger partial charge in [-0.3, -0.25) is 4.99 Å². The number of aliphatic imine (C=N–C) groups is 1. The first-order valence-electron chi connectivity index (χ1n) is 13.8. The number of hydrogen-bond acceptors (Lipinski definition) is 4. The lowest BCUT2D eigenvalue weighted by Crippen LogP contribution is -2.32. The normalized spacial score (nSPS) is 14.6. The lowest BCUT2D eigenvalue weighted by molar-refractivity contribution is 0.319. The molecule has 0 N–H and O–H groups in total. The highest BCUT2D eigenvalue weighted by atomic mass is 15.2. The molecule has 0 unspecified atom stereocenters. The number of hydrogen-bond donors (Lipinski definition) is 0. The van der Waals surface area contributed by atoms with Crippen molar-refractivity contribution in [1.29, 1.82) is 0 Å². The summed E-state index contributed by atoms with van der Waals surface area (Å²) in [7, 11) is 0. The molecule has 39 heavy (non-hydrogen) atoms. The minimum absolute atomic E-state index is 0.734. The van der Waals surface area contributed by atoms with Gasteiger partial charge in [-0.1, -0.05) is 117 Å². The molecule has 0 spiro atoms. The van der Waals surface area contributed by atoms with E-state index in [1.54, 1.807) is 0 Å². The van der Waals surface area contributed by atoms with Gasteiger partial charge in [0.05, 0.1) is 6.54 Å². The van der Waals surface area contributed by atoms with Gasteiger partial charge in [0, 0.05) is 63.7 Å². The van der Waals surface area contributed by atoms with Crippen LogP contribution in [-0.4, -0.2) is 60.2 Å². The number of allylic oxidation sites excluding steroid dienone is 5. The summed E-state index contributed by atoms with van der Waals surface area (Å²) in [5.74, 6) is 0. The molecule has 0 bridgehead atoms. The van der Waals surface area contributed by atoms with Crippen molar-refractivity contribution >= 4 is 18.4 Å². The van der Waals surface area contributed by atoms with E-state index in [0.29, 0.717) is 0 Å². The van der Waals surface area contributed by atoms with Gasteiger partial charge in [-0.2, -0.15) is 0 Å². The molecular weight excluding hydrogens is 476 g/mol. The van der Waals surface area contributed by atoms with E-state index in [9.17, 15) is 0 Å². The van der Waals surface area contributed by atoms with Crippen molar-refractivity contribution in [2.75, 3.05) is 39.3 Å². The second kappa shape index (κ2) is 18.0. The maximum atomic E-state index is 4.59. The van der Waals surface area contributed by atoms with Crippen molar-refractivity contribution in [3.63, 3.8) is 0 Å². The van der Waals surface area contributed by atoms with Crippen LogP contribution in [0.25, 0.3) is 12.2 Å². The van der Waals surface area contributed by atoms with E-state index in [2.05, 4.69) is 131 Å². The van der Waals surface area contributed by atoms with E-state index in [1.807, 2.05) is 42.6 Å². The zero-order valence-corrected chi connectivity index (χ0v) is 23.2. The predicted octanol–water partition coefficient (Wildman–Crippen LogP) is 7.42. The highest BCUT2D eigenvalue weighted by Crippen LogP contribution is 2.07. The highest BCUT2D eigenvalue weighted by Gasteiger charge is 2.07. The Hall–Kier alpha value is -4.31. The number of benzene rings is 2. The molecular formula is C35H42N4. The van der Waals surface area contributed by atoms with Crippen molar-refractivity contribution in [2.24, 2.45) is 4.99 Å². The fraction of sp³-hybridized carbons (Fsp3) is 0.229. The number of nitrogens with zero attached hydrogens (tertiary/aromatic N) is 4. The molecule has 0 saturated heterocycles. The van der Waals surface area contributed by atoms with Gasteiger partial charge in [-0.15, -0.1) is 0 Å². The van der Waals surface area contributed by atoms with Crippen LogP contribution in [0.2, 0.25) is 0 Å². The molecule has 0 atom stereocenters. The van der Waals surface area contributed by atoms with E-state index in [4.69, 9.17) is 0 Å². The third-order valence-corrected chi connectivity index (χ3v) is 6.15. The van der Waals surface area contributed by atoms with Gasteiger partial charge >= 0.3 is 0 Å². The van der Waals surface area contributed by atoms with E-state index in [1.165, 1.54) is 16.7 Å². The molecule has 0 fully saturated rings. The summed E-state index contributed by atoms with van der Waals surface area (Å²) in [6.07, 6.45) is 28.5. The quantitative estimate of drug-likeness (QED) is 0.181. The van der Waals surface area contributed by atoms with Gasteiger partial charge in [0.2, 0.25) is 0 Å². The van der Waals surface area contributed by atoms with Gasteiger partial charge < -0.3 is 14.7 Å². The lowest BCUT2D eigenvalue weighted by Gasteiger charge is -2.29. The minimum Gasteiger partial charge on any atom is -0.371 e. The monoisotopic (exact) mass is 518 g/mol. The molecule has 0 aliphatic carbocycles. The highest BCUT2D eigenvalue weighted by molar-refractivity contribution is 5.78. The van der Waals surface area contributed by atoms with E-state index < -0.39 is 0 Å². The fourth-order valence-corrected chi connectivity index (χ4v) is 3.96. The van der Waals surface area contributed by atoms with Crippen LogP contribution in [0.3, 0.4) is 0 Å². The zero-order valence-electron chi connectivity index (χ0n) is 23.2. The third-order valence-electron chi connectivity index (χ3n) is 6.15. The minimum atomic E-state index is 0.734. The molecule has 202 valence electrons. The summed E-state index contributed by atoms with van der Waals surface area (Å²) in [5, 5.41) is 0. The van der Waals surface area contributed by atoms with Gasteiger partial charge in [-0.05, 0) is 29.2 Å². The first kappa shape index (κ1) is 29.2. The average Bonchev–Trinajstić information content (AvgIpc) is 2.98. The van der Waals surface area contributed by atoms with Crippen molar-refractivity contribution in [3.8, 4) is 0 Å². The maximum Gasteiger partial charge on any atom is 0.0564 e. The molecule has 4 heteroatoms. The Balaban J connectivity index is 1.52. The largest absolute Gasteiger partial charge is 0.371 e. The van der Waals surface area contributed by atoms with Crippen molar-refractivity contribution in [3.05, 3.63) is 145 Å². The third kappa shape index (κ3) is 12.2. The summed E-state index contributed by atoms with van der Waals surface area (Å²) in [4.78, 5) is 11.5. The summed E-state index contributed by atoms with van der Waals surface area (Å²) in [6, 6.07) is 20.7. The Morgan fingerprint density at radius 2 is 1.69 bits per heavy atom. The van der Waals surface area contributed by atoms with Gasteiger partial charge in [0.15, 0.2) is 0 Å². The van der Waals surface area contributed by atoms with Crippen LogP contribution in [-0.2, 0) is 0 Å². The SMILES string of the molecule is C=CC(/C=C/CN1C=CN(/C=C/N(C/C=C/c2ccccc2)CCN=C/C=C/c2ccccc2)CC1)=C\CC. The van der Waals surface area contributed by atoms with E-state index >= 15 is 0 Å². The number of rotatable bonds is 15. The van der Waals surface area contributed by atoms with Crippen LogP contribution < -0.4 is 0 Å². The van der Waals surface area contributed by atoms with Crippen LogP contribution in [0.5, 0.6) is 0 Å². The molecule has 1 aliphatic rings. The predicted molar refractivity (Wildman–Crippen MR) is 170 cm³/mol. The molecule has 4 nitrogen and oxygen atoms in total. The molecule has 0 radical (unpaired) electrons. The summed E-state index contributed by atoms with van der Waals surface area (Å²) in [5.41, 5.74) is 3.57. The van der Waals surface area contributed by atoms with Crippen LogP contribution in [0.15, 0.2) is 139 Å². The second-order valence-electron chi connectivity index (χ2n) is 9.18. The van der Waals surface area contributed by atoms with Crippen molar-refractivity contribution in [1.82, 2.24) is 14.7 Å². The van der Waals surface area contributed by atoms with Crippen molar-refractivity contribution < 1.29 is 0 Å². The summed E-state index contributed by atoms with van der Waals surface area (Å²) < 4.78 is 0. The van der Waals surface area contributed by atoms with E-state index in [-0.39, 0.29) is 0 Å². The smallest absolute Gasteiger partial charge is 0.0564 e. The Labute approximate surface area is 235 Å². The Bertz CT molecular complexity index is 1170. The van der Waals surface area contributed by atoms with Gasteiger partial charge in [0.1, 0.15) is 0 Å². The molecule has 0 saturated carbocycles. The molecule has 0 aromatic heterocycles. The maximum absolute atomic E-state index is 4.59. The van der Waals surface area contributed by atoms with Crippen LogP contribution in [0.1, 0.15) is 24.5 Å². The molecule has 3 rings (SSSR count). The lowest BCUT2D eigenvalue weighted by atomic mass is 10.2. The fourth-order valence-electron chi connectivity index (χ4n) is 3.96. The van der Waals surface area contributed by atoms with Crippen molar-refractivity contribution in [2.45, 2.75) is 13.3 Å². The standard InChI is InChI=1S/C35H42N4/c1-3-14-33(4-2)20-12-25-38-28-31-39(32-29-38)30-27-37(24-13-21-35-17-9-6-10-18-35)26-23-36-22-11-19-34-15-7-5-8-16-34/h4-22,27-28,30-31H,2-3,23-26,29,32H2,1H3/b19-11+,20-12+,21-13+,30-27+,33-14+,36-22?. The Morgan fingerprint density at radius 1 is 0.949 bits per heavy atom. The van der Waals surface area contributed by atoms with Crippen LogP contribution in [0.4, 0.5) is 0 Å². The van der Waals surface area contributed by atoms with Crippen LogP contribution >= 0.6 is 0 Å².